The molecule has 1 aliphatic heterocycles. The summed E-state index contributed by atoms with van der Waals surface area (Å²) in [5, 5.41) is 24.2. The van der Waals surface area contributed by atoms with Crippen LogP contribution in [0.15, 0.2) is 48.5 Å². The van der Waals surface area contributed by atoms with Crippen LogP contribution in [0.5, 0.6) is 0 Å². The number of nitrogens with one attached hydrogen (secondary N) is 2. The number of carbonyl (C=O) groups excluding carboxylic acids is 1. The minimum absolute atomic E-state index is 0.0942. The van der Waals surface area contributed by atoms with Crippen molar-refractivity contribution in [3.8, 4) is 23.3 Å². The van der Waals surface area contributed by atoms with E-state index in [0.29, 0.717) is 12.0 Å². The van der Waals surface area contributed by atoms with Gasteiger partial charge in [-0.25, -0.2) is 0 Å². The van der Waals surface area contributed by atoms with Crippen molar-refractivity contribution in [1.29, 1.82) is 10.5 Å². The molecule has 1 aliphatic rings. The summed E-state index contributed by atoms with van der Waals surface area (Å²) in [4.78, 5) is 12.1. The molecule has 2 aromatic carbocycles. The summed E-state index contributed by atoms with van der Waals surface area (Å²) in [5.74, 6) is -0.0942. The number of rotatable bonds is 5. The van der Waals surface area contributed by atoms with Gasteiger partial charge >= 0.3 is 0 Å². The van der Waals surface area contributed by atoms with Crippen molar-refractivity contribution in [3.05, 3.63) is 59.7 Å². The van der Waals surface area contributed by atoms with E-state index >= 15 is 0 Å². The predicted molar refractivity (Wildman–Crippen MR) is 98.9 cm³/mol. The largest absolute Gasteiger partial charge is 0.339 e. The van der Waals surface area contributed by atoms with Gasteiger partial charge in [0.05, 0.1) is 23.7 Å². The molecule has 2 unspecified atom stereocenters. The molecule has 1 saturated heterocycles. The molecule has 130 valence electrons. The zero-order valence-electron chi connectivity index (χ0n) is 14.4. The second kappa shape index (κ2) is 8.29. The third-order valence-electron chi connectivity index (χ3n) is 4.59. The number of hydrogen-bond acceptors (Lipinski definition) is 4. The molecular formula is C21H20N4O. The molecule has 0 aromatic heterocycles. The highest BCUT2D eigenvalue weighted by Crippen LogP contribution is 2.20. The lowest BCUT2D eigenvalue weighted by atomic mass is 10.00. The SMILES string of the molecule is N#Cc1ccc(-c2ccc(CC(C#N)NC(=O)C3CCCN3)cc2)cc1. The molecule has 0 radical (unpaired) electrons. The molecule has 1 heterocycles. The van der Waals surface area contributed by atoms with E-state index in [1.807, 2.05) is 36.4 Å². The van der Waals surface area contributed by atoms with Gasteiger partial charge in [-0.3, -0.25) is 4.79 Å². The van der Waals surface area contributed by atoms with Gasteiger partial charge in [0.25, 0.3) is 0 Å². The zero-order chi connectivity index (χ0) is 18.4. The molecule has 5 heteroatoms. The second-order valence-corrected chi connectivity index (χ2v) is 6.43. The van der Waals surface area contributed by atoms with Gasteiger partial charge < -0.3 is 10.6 Å². The Morgan fingerprint density at radius 1 is 1.12 bits per heavy atom. The van der Waals surface area contributed by atoms with Crippen molar-refractivity contribution in [1.82, 2.24) is 10.6 Å². The Bertz CT molecular complexity index is 838. The Labute approximate surface area is 153 Å². The van der Waals surface area contributed by atoms with Crippen LogP contribution in [0.25, 0.3) is 11.1 Å². The lowest BCUT2D eigenvalue weighted by Gasteiger charge is -2.15. The van der Waals surface area contributed by atoms with Crippen LogP contribution in [0.1, 0.15) is 24.0 Å². The monoisotopic (exact) mass is 344 g/mol. The number of benzene rings is 2. The molecule has 1 fully saturated rings. The first-order valence-electron chi connectivity index (χ1n) is 8.72. The quantitative estimate of drug-likeness (QED) is 0.872. The highest BCUT2D eigenvalue weighted by molar-refractivity contribution is 5.82. The summed E-state index contributed by atoms with van der Waals surface area (Å²) in [6.45, 7) is 0.853. The van der Waals surface area contributed by atoms with E-state index in [4.69, 9.17) is 5.26 Å². The lowest BCUT2D eigenvalue weighted by molar-refractivity contribution is -0.123. The van der Waals surface area contributed by atoms with Crippen LogP contribution in [0.4, 0.5) is 0 Å². The molecule has 3 rings (SSSR count). The maximum Gasteiger partial charge on any atom is 0.238 e. The number of nitriles is 2. The molecule has 2 aromatic rings. The molecule has 2 atom stereocenters. The average Bonchev–Trinajstić information content (AvgIpc) is 3.23. The third-order valence-corrected chi connectivity index (χ3v) is 4.59. The summed E-state index contributed by atoms with van der Waals surface area (Å²) in [7, 11) is 0. The molecule has 5 nitrogen and oxygen atoms in total. The van der Waals surface area contributed by atoms with Crippen LogP contribution >= 0.6 is 0 Å². The van der Waals surface area contributed by atoms with E-state index in [0.717, 1.165) is 36.1 Å². The van der Waals surface area contributed by atoms with Crippen molar-refractivity contribution in [2.45, 2.75) is 31.3 Å². The van der Waals surface area contributed by atoms with Crippen LogP contribution in [-0.2, 0) is 11.2 Å². The first-order chi connectivity index (χ1) is 12.7. The minimum Gasteiger partial charge on any atom is -0.339 e. The smallest absolute Gasteiger partial charge is 0.238 e. The van der Waals surface area contributed by atoms with Gasteiger partial charge in [-0.05, 0) is 48.2 Å². The van der Waals surface area contributed by atoms with E-state index in [1.54, 1.807) is 12.1 Å². The van der Waals surface area contributed by atoms with Crippen LogP contribution in [0.2, 0.25) is 0 Å². The zero-order valence-corrected chi connectivity index (χ0v) is 14.4. The van der Waals surface area contributed by atoms with E-state index in [-0.39, 0.29) is 11.9 Å². The van der Waals surface area contributed by atoms with Gasteiger partial charge in [-0.15, -0.1) is 0 Å². The van der Waals surface area contributed by atoms with Crippen molar-refractivity contribution in [2.75, 3.05) is 6.54 Å². The van der Waals surface area contributed by atoms with E-state index in [1.165, 1.54) is 0 Å². The lowest BCUT2D eigenvalue weighted by Crippen LogP contribution is -2.45. The fourth-order valence-electron chi connectivity index (χ4n) is 3.12. The maximum absolute atomic E-state index is 12.1. The van der Waals surface area contributed by atoms with E-state index < -0.39 is 6.04 Å². The summed E-state index contributed by atoms with van der Waals surface area (Å²) >= 11 is 0. The van der Waals surface area contributed by atoms with Crippen molar-refractivity contribution in [2.24, 2.45) is 0 Å². The summed E-state index contributed by atoms with van der Waals surface area (Å²) < 4.78 is 0. The van der Waals surface area contributed by atoms with Gasteiger partial charge in [0.15, 0.2) is 0 Å². The number of hydrogen-bond donors (Lipinski definition) is 2. The molecule has 26 heavy (non-hydrogen) atoms. The van der Waals surface area contributed by atoms with E-state index in [9.17, 15) is 10.1 Å². The molecule has 0 aliphatic carbocycles. The third kappa shape index (κ3) is 4.27. The van der Waals surface area contributed by atoms with Crippen LogP contribution in [0, 0.1) is 22.7 Å². The highest BCUT2D eigenvalue weighted by atomic mass is 16.2. The predicted octanol–water partition coefficient (Wildman–Crippen LogP) is 2.53. The topological polar surface area (TPSA) is 88.7 Å². The summed E-state index contributed by atoms with van der Waals surface area (Å²) in [6, 6.07) is 18.9. The van der Waals surface area contributed by atoms with Crippen molar-refractivity contribution >= 4 is 5.91 Å². The Balaban J connectivity index is 1.62. The number of nitrogens with zero attached hydrogens (tertiary/aromatic N) is 2. The van der Waals surface area contributed by atoms with Crippen molar-refractivity contribution < 1.29 is 4.79 Å². The molecule has 1 amide bonds. The molecule has 0 bridgehead atoms. The fraction of sp³-hybridized carbons (Fsp3) is 0.286. The number of carbonyl (C=O) groups is 1. The Kier molecular flexibility index (Phi) is 5.63. The molecule has 2 N–H and O–H groups in total. The van der Waals surface area contributed by atoms with Gasteiger partial charge in [0.2, 0.25) is 5.91 Å². The minimum atomic E-state index is -0.536. The van der Waals surface area contributed by atoms with Crippen LogP contribution in [-0.4, -0.2) is 24.5 Å². The summed E-state index contributed by atoms with van der Waals surface area (Å²) in [5.41, 5.74) is 3.71. The molecule has 0 saturated carbocycles. The van der Waals surface area contributed by atoms with E-state index in [2.05, 4.69) is 22.8 Å². The molecular weight excluding hydrogens is 324 g/mol. The number of amides is 1. The van der Waals surface area contributed by atoms with Crippen LogP contribution < -0.4 is 10.6 Å². The highest BCUT2D eigenvalue weighted by Gasteiger charge is 2.24. The maximum atomic E-state index is 12.1. The first-order valence-corrected chi connectivity index (χ1v) is 8.72. The normalized spacial score (nSPS) is 17.1. The standard InChI is InChI=1S/C21H20N4O/c22-13-16-5-9-18(10-6-16)17-7-3-15(4-8-17)12-19(14-23)25-21(26)20-2-1-11-24-20/h3-10,19-20,24H,1-2,11-12H2,(H,25,26). The van der Waals surface area contributed by atoms with Gasteiger partial charge in [-0.1, -0.05) is 36.4 Å². The fourth-order valence-corrected chi connectivity index (χ4v) is 3.12. The average molecular weight is 344 g/mol. The Hall–Kier alpha value is -3.15. The Morgan fingerprint density at radius 2 is 1.77 bits per heavy atom. The van der Waals surface area contributed by atoms with Gasteiger partial charge in [-0.2, -0.15) is 10.5 Å². The summed E-state index contributed by atoms with van der Waals surface area (Å²) in [6.07, 6.45) is 2.29. The molecule has 0 spiro atoms. The van der Waals surface area contributed by atoms with Crippen LogP contribution in [0.3, 0.4) is 0 Å². The second-order valence-electron chi connectivity index (χ2n) is 6.43. The van der Waals surface area contributed by atoms with Gasteiger partial charge in [0, 0.05) is 6.42 Å². The van der Waals surface area contributed by atoms with Crippen molar-refractivity contribution in [3.63, 3.8) is 0 Å². The van der Waals surface area contributed by atoms with Gasteiger partial charge in [0.1, 0.15) is 6.04 Å². The Morgan fingerprint density at radius 3 is 2.31 bits per heavy atom. The first kappa shape index (κ1) is 17.7.